The summed E-state index contributed by atoms with van der Waals surface area (Å²) in [4.78, 5) is 0. The Labute approximate surface area is 71.2 Å². The van der Waals surface area contributed by atoms with Crippen LogP contribution in [0.4, 0.5) is 12.9 Å². The molecule has 0 radical (unpaired) electrons. The summed E-state index contributed by atoms with van der Waals surface area (Å²) in [6.07, 6.45) is 0. The summed E-state index contributed by atoms with van der Waals surface area (Å²) in [6.45, 7) is 9.76. The first-order valence-electron chi connectivity index (χ1n) is 3.64. The minimum absolute atomic E-state index is 0. The van der Waals surface area contributed by atoms with E-state index in [1.54, 1.807) is 0 Å². The van der Waals surface area contributed by atoms with Crippen molar-refractivity contribution in [3.63, 3.8) is 0 Å². The molecule has 0 atom stereocenters. The van der Waals surface area contributed by atoms with Crippen LogP contribution >= 0.6 is 0 Å². The van der Waals surface area contributed by atoms with E-state index < -0.39 is 7.54 Å². The SMILES string of the molecule is CC[O+](CC)CC.FB(F)F.[F-]. The zero-order valence-electron chi connectivity index (χ0n) is 7.62. The van der Waals surface area contributed by atoms with Gasteiger partial charge in [-0.1, -0.05) is 0 Å². The third-order valence-corrected chi connectivity index (χ3v) is 1.22. The summed E-state index contributed by atoms with van der Waals surface area (Å²) in [7, 11) is -3.67. The van der Waals surface area contributed by atoms with Gasteiger partial charge in [-0.2, -0.15) is 0 Å². The fourth-order valence-electron chi connectivity index (χ4n) is 0.612. The monoisotopic (exact) mass is 190 g/mol. The third kappa shape index (κ3) is 22.6. The first-order chi connectivity index (χ1) is 5.08. The predicted octanol–water partition coefficient (Wildman–Crippen LogP) is -0.518. The summed E-state index contributed by atoms with van der Waals surface area (Å²) < 4.78 is 32.1. The van der Waals surface area contributed by atoms with Crippen LogP contribution in [0, 0.1) is 0 Å². The summed E-state index contributed by atoms with van der Waals surface area (Å²) in [5, 5.41) is 0. The maximum absolute atomic E-state index is 9.67. The van der Waals surface area contributed by atoms with Crippen LogP contribution in [0.15, 0.2) is 0 Å². The minimum Gasteiger partial charge on any atom is -1.00 e. The zero-order chi connectivity index (χ0) is 9.28. The Morgan fingerprint density at radius 3 is 1.08 bits per heavy atom. The van der Waals surface area contributed by atoms with Crippen molar-refractivity contribution in [2.75, 3.05) is 19.8 Å². The molecule has 0 unspecified atom stereocenters. The number of hydrogen-bond acceptors (Lipinski definition) is 0. The Kier molecular flexibility index (Phi) is 19.7. The number of halogens is 4. The average molecular weight is 190 g/mol. The highest BCUT2D eigenvalue weighted by Crippen LogP contribution is 1.90. The van der Waals surface area contributed by atoms with Crippen molar-refractivity contribution in [3.05, 3.63) is 0 Å². The van der Waals surface area contributed by atoms with E-state index in [9.17, 15) is 12.9 Å². The van der Waals surface area contributed by atoms with Crippen molar-refractivity contribution >= 4 is 7.54 Å². The molecule has 12 heavy (non-hydrogen) atoms. The van der Waals surface area contributed by atoms with Crippen LogP contribution in [0.1, 0.15) is 20.8 Å². The Balaban J connectivity index is -0.000000142. The molecule has 0 saturated carbocycles. The third-order valence-electron chi connectivity index (χ3n) is 1.22. The van der Waals surface area contributed by atoms with Gasteiger partial charge in [0, 0.05) is 20.8 Å². The molecule has 0 aliphatic rings. The molecule has 76 valence electrons. The first kappa shape index (κ1) is 17.7. The molecular weight excluding hydrogens is 175 g/mol. The van der Waals surface area contributed by atoms with E-state index in [0.717, 1.165) is 19.8 Å². The summed E-state index contributed by atoms with van der Waals surface area (Å²) in [5.41, 5.74) is 0. The molecule has 0 aromatic carbocycles. The summed E-state index contributed by atoms with van der Waals surface area (Å²) in [6, 6.07) is 0. The van der Waals surface area contributed by atoms with Gasteiger partial charge >= 0.3 is 7.54 Å². The highest BCUT2D eigenvalue weighted by molar-refractivity contribution is 6.33. The summed E-state index contributed by atoms with van der Waals surface area (Å²) >= 11 is 0. The van der Waals surface area contributed by atoms with E-state index in [4.69, 9.17) is 0 Å². The molecule has 0 bridgehead atoms. The predicted molar refractivity (Wildman–Crippen MR) is 41.8 cm³/mol. The van der Waals surface area contributed by atoms with Gasteiger partial charge in [0.25, 0.3) is 0 Å². The van der Waals surface area contributed by atoms with Crippen molar-refractivity contribution in [1.82, 2.24) is 0 Å². The van der Waals surface area contributed by atoms with Gasteiger partial charge in [-0.15, -0.1) is 0 Å². The van der Waals surface area contributed by atoms with Gasteiger partial charge in [0.05, 0.1) is 0 Å². The minimum atomic E-state index is -3.67. The van der Waals surface area contributed by atoms with Gasteiger partial charge < -0.3 is 9.07 Å². The van der Waals surface area contributed by atoms with Crippen LogP contribution in [0.3, 0.4) is 0 Å². The topological polar surface area (TPSA) is 2.70 Å². The van der Waals surface area contributed by atoms with Crippen LogP contribution in [-0.4, -0.2) is 27.4 Å². The van der Waals surface area contributed by atoms with E-state index in [1.807, 2.05) is 0 Å². The molecule has 0 heterocycles. The van der Waals surface area contributed by atoms with Crippen LogP contribution in [0.5, 0.6) is 0 Å². The molecule has 0 aromatic heterocycles. The molecule has 0 amide bonds. The second-order valence-electron chi connectivity index (χ2n) is 1.73. The summed E-state index contributed by atoms with van der Waals surface area (Å²) in [5.74, 6) is 0. The van der Waals surface area contributed by atoms with Crippen LogP contribution in [0.25, 0.3) is 0 Å². The molecular formula is C6H15BF4O. The Bertz CT molecular complexity index is 62.3. The molecule has 0 aliphatic heterocycles. The maximum atomic E-state index is 9.67. The van der Waals surface area contributed by atoms with Crippen LogP contribution in [0.2, 0.25) is 0 Å². The first-order valence-corrected chi connectivity index (χ1v) is 3.64. The average Bonchev–Trinajstić information content (AvgIpc) is 1.90. The Morgan fingerprint density at radius 1 is 0.917 bits per heavy atom. The zero-order valence-corrected chi connectivity index (χ0v) is 7.62. The van der Waals surface area contributed by atoms with E-state index >= 15 is 0 Å². The molecule has 0 aromatic rings. The molecule has 0 fully saturated rings. The van der Waals surface area contributed by atoms with Gasteiger partial charge in [0.2, 0.25) is 0 Å². The molecule has 0 saturated heterocycles. The molecule has 0 spiro atoms. The van der Waals surface area contributed by atoms with E-state index in [0.29, 0.717) is 0 Å². The quantitative estimate of drug-likeness (QED) is 0.320. The Morgan fingerprint density at radius 2 is 1.08 bits per heavy atom. The fourth-order valence-corrected chi connectivity index (χ4v) is 0.612. The standard InChI is InChI=1S/C6H15O.BF3.FH/c1-4-7(5-2)6-3;2-1(3)4;/h4-6H2,1-3H3;;1H/q+1;;/p-1. The van der Waals surface area contributed by atoms with Crippen molar-refractivity contribution in [2.24, 2.45) is 0 Å². The van der Waals surface area contributed by atoms with Gasteiger partial charge in [-0.05, 0) is 0 Å². The van der Waals surface area contributed by atoms with Gasteiger partial charge in [-0.3, -0.25) is 12.9 Å². The van der Waals surface area contributed by atoms with Crippen molar-refractivity contribution < 1.29 is 22.0 Å². The van der Waals surface area contributed by atoms with Crippen LogP contribution in [-0.2, 0) is 4.37 Å². The number of hydrogen-bond donors (Lipinski definition) is 0. The second-order valence-corrected chi connectivity index (χ2v) is 1.73. The van der Waals surface area contributed by atoms with Crippen molar-refractivity contribution in [3.8, 4) is 0 Å². The molecule has 6 heteroatoms. The van der Waals surface area contributed by atoms with E-state index in [1.165, 1.54) is 0 Å². The molecule has 0 aliphatic carbocycles. The molecule has 0 rings (SSSR count). The largest absolute Gasteiger partial charge is 1.00 e. The van der Waals surface area contributed by atoms with Gasteiger partial charge in [0.1, 0.15) is 19.8 Å². The lowest BCUT2D eigenvalue weighted by atomic mass is 10.5. The number of rotatable bonds is 3. The Hall–Kier alpha value is -0.255. The molecule has 0 N–H and O–H groups in total. The highest BCUT2D eigenvalue weighted by atomic mass is 19.4. The lowest BCUT2D eigenvalue weighted by Gasteiger charge is -2.11. The lowest BCUT2D eigenvalue weighted by molar-refractivity contribution is -0.119. The van der Waals surface area contributed by atoms with E-state index in [-0.39, 0.29) is 4.70 Å². The van der Waals surface area contributed by atoms with Gasteiger partial charge in [-0.25, -0.2) is 0 Å². The van der Waals surface area contributed by atoms with E-state index in [2.05, 4.69) is 25.1 Å². The smallest absolute Gasteiger partial charge is 0.762 e. The van der Waals surface area contributed by atoms with Gasteiger partial charge in [0.15, 0.2) is 0 Å². The lowest BCUT2D eigenvalue weighted by Crippen LogP contribution is -3.00. The maximum Gasteiger partial charge on any atom is 0.762 e. The van der Waals surface area contributed by atoms with Crippen LogP contribution < -0.4 is 4.70 Å². The molecule has 1 nitrogen and oxygen atoms in total. The normalized spacial score (nSPS) is 8.25. The fraction of sp³-hybridized carbons (Fsp3) is 1.00. The van der Waals surface area contributed by atoms with Crippen molar-refractivity contribution in [2.45, 2.75) is 20.8 Å². The second kappa shape index (κ2) is 13.3. The highest BCUT2D eigenvalue weighted by Gasteiger charge is 2.06. The van der Waals surface area contributed by atoms with Crippen molar-refractivity contribution in [1.29, 1.82) is 0 Å².